The maximum atomic E-state index is 5.12. The van der Waals surface area contributed by atoms with Crippen LogP contribution in [0, 0.1) is 13.8 Å². The van der Waals surface area contributed by atoms with Gasteiger partial charge in [-0.05, 0) is 12.1 Å². The van der Waals surface area contributed by atoms with Gasteiger partial charge in [0, 0.05) is 20.6 Å². The van der Waals surface area contributed by atoms with Crippen molar-refractivity contribution in [2.24, 2.45) is 0 Å². The number of aryl methyl sites for hydroxylation is 2. The molecule has 0 spiro atoms. The Morgan fingerprint density at radius 3 is 1.42 bits per heavy atom. The molecule has 0 aliphatic rings. The van der Waals surface area contributed by atoms with E-state index in [0.29, 0.717) is 0 Å². The van der Waals surface area contributed by atoms with Crippen LogP contribution in [-0.2, 0) is 20.8 Å². The van der Waals surface area contributed by atoms with Crippen LogP contribution in [0.3, 0.4) is 0 Å². The second kappa shape index (κ2) is 14.6. The Kier molecular flexibility index (Phi) is 11.5. The molecule has 36 heavy (non-hydrogen) atoms. The van der Waals surface area contributed by atoms with Gasteiger partial charge in [-0.3, -0.25) is 0 Å². The van der Waals surface area contributed by atoms with E-state index in [1.54, 1.807) is 25.1 Å². The first-order chi connectivity index (χ1) is 17.5. The molecular weight excluding hydrogens is 583 g/mol. The van der Waals surface area contributed by atoms with Crippen molar-refractivity contribution in [1.29, 1.82) is 0 Å². The number of furan rings is 2. The quantitative estimate of drug-likeness (QED) is 0.144. The zero-order valence-electron chi connectivity index (χ0n) is 20.8. The standard InChI is InChI=1S/2C14H11O.C2H6Si.2ClH.Zr/c2*1-10-7-11-3-2-4-13(14(11)8-10)12-5-6-15-9-12;1-3-2;;;/h2*2-9H,1H3;1-2H3;2*1H;/q2*-1;;;;+4/p-2. The zero-order chi connectivity index (χ0) is 25.9. The van der Waals surface area contributed by atoms with Gasteiger partial charge >= 0.3 is 37.9 Å². The first-order valence-corrected chi connectivity index (χ1v) is 19.8. The fraction of sp³-hybridized carbons (Fsp3) is 0.133. The fourth-order valence-corrected chi connectivity index (χ4v) is 4.11. The van der Waals surface area contributed by atoms with Crippen LogP contribution >= 0.6 is 17.0 Å². The summed E-state index contributed by atoms with van der Waals surface area (Å²) < 4.78 is 10.2. The third-order valence-corrected chi connectivity index (χ3v) is 5.45. The van der Waals surface area contributed by atoms with Gasteiger partial charge in [-0.25, -0.2) is 0 Å². The van der Waals surface area contributed by atoms with Gasteiger partial charge in [0.15, 0.2) is 0 Å². The van der Waals surface area contributed by atoms with Crippen LogP contribution in [0.2, 0.25) is 13.1 Å². The zero-order valence-corrected chi connectivity index (χ0v) is 25.8. The van der Waals surface area contributed by atoms with Crippen molar-refractivity contribution >= 4 is 48.1 Å². The molecule has 0 aliphatic carbocycles. The van der Waals surface area contributed by atoms with Gasteiger partial charge in [-0.15, -0.1) is 69.1 Å². The third-order valence-electron chi connectivity index (χ3n) is 5.45. The van der Waals surface area contributed by atoms with E-state index < -0.39 is 20.8 Å². The third kappa shape index (κ3) is 7.46. The van der Waals surface area contributed by atoms with Crippen molar-refractivity contribution in [3.05, 3.63) is 109 Å². The SMILES string of the molecule is C[Si]C.Cc1cc2c(-c3ccoc3)cccc2[cH-]1.Cc1cc2c(-c3ccoc3)cccc2[cH-]1.[Cl][Zr+2][Cl]. The number of rotatable bonds is 2. The van der Waals surface area contributed by atoms with Gasteiger partial charge in [-0.2, -0.15) is 12.1 Å². The molecule has 6 aromatic rings. The van der Waals surface area contributed by atoms with Crippen molar-refractivity contribution in [2.75, 3.05) is 0 Å². The van der Waals surface area contributed by atoms with Gasteiger partial charge in [0.25, 0.3) is 0 Å². The molecule has 0 fully saturated rings. The molecule has 0 bridgehead atoms. The van der Waals surface area contributed by atoms with Crippen LogP contribution in [0.1, 0.15) is 11.1 Å². The van der Waals surface area contributed by atoms with E-state index in [2.05, 4.69) is 87.6 Å². The minimum atomic E-state index is -0.826. The maximum absolute atomic E-state index is 5.12. The Morgan fingerprint density at radius 2 is 1.08 bits per heavy atom. The van der Waals surface area contributed by atoms with E-state index in [4.69, 9.17) is 25.9 Å². The molecular formula is C30H28Cl2O2SiZr. The molecule has 2 aromatic heterocycles. The van der Waals surface area contributed by atoms with Crippen molar-refractivity contribution in [3.63, 3.8) is 0 Å². The molecule has 2 nitrogen and oxygen atoms in total. The summed E-state index contributed by atoms with van der Waals surface area (Å²) in [5, 5.41) is 5.20. The summed E-state index contributed by atoms with van der Waals surface area (Å²) in [5.74, 6) is 0. The van der Waals surface area contributed by atoms with Crippen LogP contribution in [0.15, 0.2) is 107 Å². The summed E-state index contributed by atoms with van der Waals surface area (Å²) in [5.41, 5.74) is 7.39. The summed E-state index contributed by atoms with van der Waals surface area (Å²) in [4.78, 5) is 0. The van der Waals surface area contributed by atoms with Crippen molar-refractivity contribution in [3.8, 4) is 22.3 Å². The molecule has 0 atom stereocenters. The average Bonchev–Trinajstić information content (AvgIpc) is 3.66. The van der Waals surface area contributed by atoms with Crippen LogP contribution in [-0.4, -0.2) is 9.52 Å². The Balaban J connectivity index is 0.000000165. The van der Waals surface area contributed by atoms with Crippen LogP contribution < -0.4 is 0 Å². The predicted molar refractivity (Wildman–Crippen MR) is 153 cm³/mol. The Bertz CT molecular complexity index is 1340. The topological polar surface area (TPSA) is 26.3 Å². The van der Waals surface area contributed by atoms with E-state index in [9.17, 15) is 0 Å². The predicted octanol–water partition coefficient (Wildman–Crippen LogP) is 10.4. The molecule has 0 unspecified atom stereocenters. The van der Waals surface area contributed by atoms with Crippen molar-refractivity contribution < 1.29 is 29.7 Å². The summed E-state index contributed by atoms with van der Waals surface area (Å²) >= 11 is -0.826. The summed E-state index contributed by atoms with van der Waals surface area (Å²) in [6, 6.07) is 25.6. The summed E-state index contributed by atoms with van der Waals surface area (Å²) in [7, 11) is 11.0. The number of fused-ring (bicyclic) bond motifs is 2. The molecule has 182 valence electrons. The van der Waals surface area contributed by atoms with Crippen LogP contribution in [0.4, 0.5) is 0 Å². The van der Waals surface area contributed by atoms with Gasteiger partial charge < -0.3 is 8.83 Å². The van der Waals surface area contributed by atoms with Crippen molar-refractivity contribution in [1.82, 2.24) is 0 Å². The normalized spacial score (nSPS) is 9.94. The van der Waals surface area contributed by atoms with Gasteiger partial charge in [0.05, 0.1) is 25.1 Å². The number of hydrogen-bond donors (Lipinski definition) is 0. The second-order valence-corrected chi connectivity index (χ2v) is 13.0. The van der Waals surface area contributed by atoms with E-state index in [-0.39, 0.29) is 0 Å². The molecule has 0 saturated carbocycles. The fourth-order valence-electron chi connectivity index (χ4n) is 4.11. The van der Waals surface area contributed by atoms with Gasteiger partial charge in [-0.1, -0.05) is 50.2 Å². The molecule has 4 aromatic carbocycles. The van der Waals surface area contributed by atoms with Crippen molar-refractivity contribution in [2.45, 2.75) is 26.9 Å². The molecule has 2 radical (unpaired) electrons. The Morgan fingerprint density at radius 1 is 0.694 bits per heavy atom. The summed E-state index contributed by atoms with van der Waals surface area (Å²) in [6.07, 6.45) is 7.00. The van der Waals surface area contributed by atoms with E-state index in [1.807, 2.05) is 12.1 Å². The molecule has 6 heteroatoms. The van der Waals surface area contributed by atoms with E-state index >= 15 is 0 Å². The van der Waals surface area contributed by atoms with Gasteiger partial charge in [0.1, 0.15) is 0 Å². The first kappa shape index (κ1) is 28.5. The van der Waals surface area contributed by atoms with Crippen LogP contribution in [0.5, 0.6) is 0 Å². The average molecular weight is 611 g/mol. The van der Waals surface area contributed by atoms with E-state index in [0.717, 1.165) is 20.6 Å². The first-order valence-electron chi connectivity index (χ1n) is 11.4. The summed E-state index contributed by atoms with van der Waals surface area (Å²) in [6.45, 7) is 8.55. The Labute approximate surface area is 234 Å². The monoisotopic (exact) mass is 608 g/mol. The van der Waals surface area contributed by atoms with E-state index in [1.165, 1.54) is 43.8 Å². The second-order valence-electron chi connectivity index (χ2n) is 8.28. The number of halogens is 2. The molecule has 0 N–H and O–H groups in total. The molecule has 2 heterocycles. The number of hydrogen-bond acceptors (Lipinski definition) is 2. The number of benzene rings is 2. The van der Waals surface area contributed by atoms with Crippen LogP contribution in [0.25, 0.3) is 43.8 Å². The molecule has 0 saturated heterocycles. The minimum absolute atomic E-state index is 0.826. The molecule has 0 amide bonds. The molecule has 6 rings (SSSR count). The molecule has 0 aliphatic heterocycles. The van der Waals surface area contributed by atoms with Gasteiger partial charge in [0.2, 0.25) is 0 Å². The Hall–Kier alpha value is -2.10.